The monoisotopic (exact) mass is 226 g/mol. The summed E-state index contributed by atoms with van der Waals surface area (Å²) in [6.45, 7) is 5.56. The second kappa shape index (κ2) is 4.02. The number of aromatic nitrogens is 2. The number of hydrogen-bond acceptors (Lipinski definition) is 1. The van der Waals surface area contributed by atoms with Gasteiger partial charge in [-0.15, -0.1) is 0 Å². The van der Waals surface area contributed by atoms with Crippen LogP contribution in [-0.4, -0.2) is 9.55 Å². The largest absolute Gasteiger partial charge is 0.334 e. The molecule has 1 atom stereocenters. The first-order valence-electron chi connectivity index (χ1n) is 6.35. The third kappa shape index (κ3) is 1.99. The minimum absolute atomic E-state index is 0.780. The van der Waals surface area contributed by atoms with Gasteiger partial charge in [-0.3, -0.25) is 0 Å². The number of nitrogens with zero attached hydrogens (tertiary/aromatic N) is 2. The Balaban J connectivity index is 2.00. The van der Waals surface area contributed by atoms with E-state index in [9.17, 15) is 0 Å². The number of hydrogen-bond donors (Lipinski definition) is 0. The Bertz CT molecular complexity index is 540. The first kappa shape index (κ1) is 10.6. The summed E-state index contributed by atoms with van der Waals surface area (Å²) in [5, 5.41) is 0. The molecule has 88 valence electrons. The molecule has 1 aliphatic heterocycles. The van der Waals surface area contributed by atoms with E-state index in [0.717, 1.165) is 24.6 Å². The summed E-state index contributed by atoms with van der Waals surface area (Å²) in [5.74, 6) is 2.03. The van der Waals surface area contributed by atoms with Crippen molar-refractivity contribution >= 4 is 0 Å². The molecule has 0 amide bonds. The number of fused-ring (bicyclic) bond motifs is 1. The average molecular weight is 226 g/mol. The minimum Gasteiger partial charge on any atom is -0.334 e. The SMILES string of the molecule is Cc1cccc(-c2cn3c(n2)CC[C@H](C)C3)c1. The van der Waals surface area contributed by atoms with Crippen LogP contribution in [-0.2, 0) is 13.0 Å². The van der Waals surface area contributed by atoms with Crippen LogP contribution in [0.4, 0.5) is 0 Å². The van der Waals surface area contributed by atoms with Crippen molar-refractivity contribution in [2.75, 3.05) is 0 Å². The molecule has 0 fully saturated rings. The molecule has 1 aliphatic rings. The van der Waals surface area contributed by atoms with Crippen LogP contribution >= 0.6 is 0 Å². The van der Waals surface area contributed by atoms with Crippen molar-refractivity contribution in [3.63, 3.8) is 0 Å². The maximum atomic E-state index is 4.76. The van der Waals surface area contributed by atoms with Gasteiger partial charge in [0.2, 0.25) is 0 Å². The summed E-state index contributed by atoms with van der Waals surface area (Å²) >= 11 is 0. The first-order chi connectivity index (χ1) is 8.22. The highest BCUT2D eigenvalue weighted by Crippen LogP contribution is 2.25. The first-order valence-corrected chi connectivity index (χ1v) is 6.35. The van der Waals surface area contributed by atoms with Crippen LogP contribution in [0.25, 0.3) is 11.3 Å². The number of aryl methyl sites for hydroxylation is 2. The zero-order valence-electron chi connectivity index (χ0n) is 10.5. The van der Waals surface area contributed by atoms with Gasteiger partial charge in [0.25, 0.3) is 0 Å². The molecule has 0 unspecified atom stereocenters. The molecule has 0 spiro atoms. The summed E-state index contributed by atoms with van der Waals surface area (Å²) in [7, 11) is 0. The topological polar surface area (TPSA) is 17.8 Å². The van der Waals surface area contributed by atoms with Crippen LogP contribution in [0.2, 0.25) is 0 Å². The Morgan fingerprint density at radius 1 is 1.35 bits per heavy atom. The predicted octanol–water partition coefficient (Wildman–Crippen LogP) is 3.44. The third-order valence-corrected chi connectivity index (χ3v) is 3.54. The molecule has 0 saturated carbocycles. The van der Waals surface area contributed by atoms with E-state index in [4.69, 9.17) is 4.98 Å². The van der Waals surface area contributed by atoms with E-state index in [1.165, 1.54) is 23.4 Å². The fourth-order valence-corrected chi connectivity index (χ4v) is 2.56. The van der Waals surface area contributed by atoms with E-state index in [-0.39, 0.29) is 0 Å². The van der Waals surface area contributed by atoms with Crippen molar-refractivity contribution in [3.05, 3.63) is 41.9 Å². The van der Waals surface area contributed by atoms with Gasteiger partial charge >= 0.3 is 0 Å². The number of rotatable bonds is 1. The maximum absolute atomic E-state index is 4.76. The molecule has 1 aromatic heterocycles. The molecule has 2 heterocycles. The zero-order chi connectivity index (χ0) is 11.8. The Kier molecular flexibility index (Phi) is 2.50. The summed E-state index contributed by atoms with van der Waals surface area (Å²) in [5.41, 5.74) is 3.65. The van der Waals surface area contributed by atoms with Crippen LogP contribution in [0, 0.1) is 12.8 Å². The summed E-state index contributed by atoms with van der Waals surface area (Å²) in [6.07, 6.45) is 4.59. The van der Waals surface area contributed by atoms with Crippen LogP contribution in [0.5, 0.6) is 0 Å². The molecular formula is C15H18N2. The standard InChI is InChI=1S/C15H18N2/c1-11-4-3-5-13(8-11)14-10-17-9-12(2)6-7-15(17)16-14/h3-5,8,10,12H,6-7,9H2,1-2H3/t12-/m0/s1. The average Bonchev–Trinajstić information content (AvgIpc) is 2.72. The molecule has 3 rings (SSSR count). The molecule has 0 saturated heterocycles. The van der Waals surface area contributed by atoms with E-state index in [0.29, 0.717) is 0 Å². The Morgan fingerprint density at radius 2 is 2.24 bits per heavy atom. The fraction of sp³-hybridized carbons (Fsp3) is 0.400. The lowest BCUT2D eigenvalue weighted by Crippen LogP contribution is -2.17. The van der Waals surface area contributed by atoms with E-state index < -0.39 is 0 Å². The van der Waals surface area contributed by atoms with E-state index in [1.807, 2.05) is 0 Å². The number of benzene rings is 1. The van der Waals surface area contributed by atoms with Crippen LogP contribution in [0.15, 0.2) is 30.5 Å². The lowest BCUT2D eigenvalue weighted by atomic mass is 10.0. The molecule has 0 radical (unpaired) electrons. The molecule has 2 nitrogen and oxygen atoms in total. The Morgan fingerprint density at radius 3 is 3.06 bits per heavy atom. The van der Waals surface area contributed by atoms with Gasteiger partial charge in [-0.05, 0) is 25.3 Å². The van der Waals surface area contributed by atoms with Crippen molar-refractivity contribution in [2.45, 2.75) is 33.2 Å². The highest BCUT2D eigenvalue weighted by Gasteiger charge is 2.17. The van der Waals surface area contributed by atoms with Crippen LogP contribution < -0.4 is 0 Å². The van der Waals surface area contributed by atoms with Crippen molar-refractivity contribution in [1.82, 2.24) is 9.55 Å². The second-order valence-corrected chi connectivity index (χ2v) is 5.21. The van der Waals surface area contributed by atoms with Gasteiger partial charge in [0.15, 0.2) is 0 Å². The molecule has 0 aliphatic carbocycles. The molecular weight excluding hydrogens is 208 g/mol. The van der Waals surface area contributed by atoms with E-state index in [2.05, 4.69) is 48.9 Å². The van der Waals surface area contributed by atoms with Gasteiger partial charge in [-0.1, -0.05) is 30.7 Å². The number of imidazole rings is 1. The molecule has 2 aromatic rings. The van der Waals surface area contributed by atoms with E-state index in [1.54, 1.807) is 0 Å². The lowest BCUT2D eigenvalue weighted by molar-refractivity contribution is 0.394. The quantitative estimate of drug-likeness (QED) is 0.728. The van der Waals surface area contributed by atoms with Gasteiger partial charge in [0, 0.05) is 24.7 Å². The van der Waals surface area contributed by atoms with Gasteiger partial charge < -0.3 is 4.57 Å². The molecule has 1 aromatic carbocycles. The maximum Gasteiger partial charge on any atom is 0.109 e. The zero-order valence-corrected chi connectivity index (χ0v) is 10.5. The Labute approximate surface area is 102 Å². The smallest absolute Gasteiger partial charge is 0.109 e. The van der Waals surface area contributed by atoms with Gasteiger partial charge in [0.1, 0.15) is 5.82 Å². The van der Waals surface area contributed by atoms with E-state index >= 15 is 0 Å². The summed E-state index contributed by atoms with van der Waals surface area (Å²) < 4.78 is 2.33. The molecule has 2 heteroatoms. The molecule has 0 bridgehead atoms. The fourth-order valence-electron chi connectivity index (χ4n) is 2.56. The predicted molar refractivity (Wildman–Crippen MR) is 69.9 cm³/mol. The highest BCUT2D eigenvalue weighted by molar-refractivity contribution is 5.59. The third-order valence-electron chi connectivity index (χ3n) is 3.54. The Hall–Kier alpha value is -1.57. The van der Waals surface area contributed by atoms with Crippen molar-refractivity contribution in [2.24, 2.45) is 5.92 Å². The highest BCUT2D eigenvalue weighted by atomic mass is 15.1. The van der Waals surface area contributed by atoms with Gasteiger partial charge in [0.05, 0.1) is 5.69 Å². The van der Waals surface area contributed by atoms with Crippen molar-refractivity contribution in [1.29, 1.82) is 0 Å². The summed E-state index contributed by atoms with van der Waals surface area (Å²) in [4.78, 5) is 4.76. The molecule has 0 N–H and O–H groups in total. The van der Waals surface area contributed by atoms with Crippen molar-refractivity contribution in [3.8, 4) is 11.3 Å². The van der Waals surface area contributed by atoms with Crippen LogP contribution in [0.1, 0.15) is 24.7 Å². The van der Waals surface area contributed by atoms with Gasteiger partial charge in [-0.2, -0.15) is 0 Å². The second-order valence-electron chi connectivity index (χ2n) is 5.21. The van der Waals surface area contributed by atoms with Crippen LogP contribution in [0.3, 0.4) is 0 Å². The summed E-state index contributed by atoms with van der Waals surface area (Å²) in [6, 6.07) is 8.58. The minimum atomic E-state index is 0.780. The van der Waals surface area contributed by atoms with Crippen molar-refractivity contribution < 1.29 is 0 Å². The van der Waals surface area contributed by atoms with Gasteiger partial charge in [-0.25, -0.2) is 4.98 Å². The normalized spacial score (nSPS) is 19.1. The molecule has 17 heavy (non-hydrogen) atoms. The lowest BCUT2D eigenvalue weighted by Gasteiger charge is -2.19.